The fraction of sp³-hybridized carbons (Fsp3) is 0.200. The van der Waals surface area contributed by atoms with Gasteiger partial charge >= 0.3 is 0 Å². The van der Waals surface area contributed by atoms with Gasteiger partial charge in [0.05, 0.1) is 28.5 Å². The largest absolute Gasteiger partial charge is 0.497 e. The molecule has 0 unspecified atom stereocenters. The van der Waals surface area contributed by atoms with Crippen molar-refractivity contribution >= 4 is 55.4 Å². The predicted octanol–water partition coefficient (Wildman–Crippen LogP) is 5.32. The molecule has 0 saturated carbocycles. The number of benzene rings is 2. The van der Waals surface area contributed by atoms with Gasteiger partial charge in [-0.1, -0.05) is 23.2 Å². The number of carbonyl (C=O) groups excluding carboxylic acids is 1. The van der Waals surface area contributed by atoms with Gasteiger partial charge in [-0.05, 0) is 48.9 Å². The van der Waals surface area contributed by atoms with E-state index in [2.05, 4.69) is 10.3 Å². The van der Waals surface area contributed by atoms with Gasteiger partial charge < -0.3 is 10.1 Å². The molecule has 0 aliphatic carbocycles. The third-order valence-corrected chi connectivity index (χ3v) is 7.33. The second-order valence-corrected chi connectivity index (χ2v) is 10.1. The highest BCUT2D eigenvalue weighted by Gasteiger charge is 2.16. The number of sulfone groups is 1. The van der Waals surface area contributed by atoms with E-state index in [-0.39, 0.29) is 29.4 Å². The van der Waals surface area contributed by atoms with Crippen molar-refractivity contribution < 1.29 is 17.9 Å². The van der Waals surface area contributed by atoms with Gasteiger partial charge in [0.2, 0.25) is 5.91 Å². The Morgan fingerprint density at radius 2 is 1.90 bits per heavy atom. The lowest BCUT2D eigenvalue weighted by molar-refractivity contribution is -0.116. The maximum absolute atomic E-state index is 12.4. The number of halogens is 2. The number of rotatable bonds is 8. The Hall–Kier alpha value is -2.13. The summed E-state index contributed by atoms with van der Waals surface area (Å²) < 4.78 is 29.8. The van der Waals surface area contributed by atoms with Crippen molar-refractivity contribution in [1.82, 2.24) is 4.98 Å². The first-order valence-corrected chi connectivity index (χ1v) is 12.1. The highest BCUT2D eigenvalue weighted by Crippen LogP contribution is 2.32. The Morgan fingerprint density at radius 1 is 1.17 bits per heavy atom. The normalized spacial score (nSPS) is 11.3. The number of aromatic nitrogens is 1. The standard InChI is InChI=1S/C20H18Cl2N2O4S2/c1-28-14-5-7-15(8-6-14)30(26,27)10-2-3-19(25)24-20-23-18(12-29-20)16-11-13(21)4-9-17(16)22/h4-9,11-12H,2-3,10H2,1H3,(H,23,24,25). The number of anilines is 1. The number of methoxy groups -OCH3 is 1. The van der Waals surface area contributed by atoms with E-state index < -0.39 is 9.84 Å². The zero-order chi connectivity index (χ0) is 21.7. The summed E-state index contributed by atoms with van der Waals surface area (Å²) in [6.45, 7) is 0. The van der Waals surface area contributed by atoms with Crippen LogP contribution in [0, 0.1) is 0 Å². The van der Waals surface area contributed by atoms with Crippen LogP contribution in [0.4, 0.5) is 5.13 Å². The van der Waals surface area contributed by atoms with Crippen LogP contribution in [0.3, 0.4) is 0 Å². The number of nitrogens with one attached hydrogen (secondary N) is 1. The Balaban J connectivity index is 1.55. The third kappa shape index (κ3) is 5.72. The average molecular weight is 485 g/mol. The molecule has 3 aromatic rings. The molecule has 0 fully saturated rings. The molecular formula is C20H18Cl2N2O4S2. The van der Waals surface area contributed by atoms with E-state index in [0.29, 0.717) is 32.2 Å². The van der Waals surface area contributed by atoms with Crippen LogP contribution in [0.5, 0.6) is 5.75 Å². The summed E-state index contributed by atoms with van der Waals surface area (Å²) in [7, 11) is -1.96. The molecule has 30 heavy (non-hydrogen) atoms. The lowest BCUT2D eigenvalue weighted by Crippen LogP contribution is -2.14. The molecule has 1 heterocycles. The van der Waals surface area contributed by atoms with Crippen LogP contribution in [0.25, 0.3) is 11.3 Å². The third-order valence-electron chi connectivity index (χ3n) is 4.19. The summed E-state index contributed by atoms with van der Waals surface area (Å²) in [4.78, 5) is 16.7. The number of ether oxygens (including phenoxy) is 1. The molecule has 0 saturated heterocycles. The summed E-state index contributed by atoms with van der Waals surface area (Å²) in [6, 6.07) is 11.2. The minimum absolute atomic E-state index is 0.0578. The molecule has 0 aliphatic heterocycles. The lowest BCUT2D eigenvalue weighted by Gasteiger charge is -2.06. The van der Waals surface area contributed by atoms with Crippen LogP contribution < -0.4 is 10.1 Å². The van der Waals surface area contributed by atoms with Crippen molar-refractivity contribution in [2.45, 2.75) is 17.7 Å². The molecular weight excluding hydrogens is 467 g/mol. The van der Waals surface area contributed by atoms with E-state index in [1.807, 2.05) is 0 Å². The molecule has 0 spiro atoms. The summed E-state index contributed by atoms with van der Waals surface area (Å²) in [5, 5.41) is 5.90. The van der Waals surface area contributed by atoms with Gasteiger partial charge in [0, 0.05) is 22.4 Å². The van der Waals surface area contributed by atoms with Gasteiger partial charge in [0.15, 0.2) is 15.0 Å². The second-order valence-electron chi connectivity index (χ2n) is 6.31. The smallest absolute Gasteiger partial charge is 0.226 e. The molecule has 0 radical (unpaired) electrons. The quantitative estimate of drug-likeness (QED) is 0.467. The molecule has 2 aromatic carbocycles. The van der Waals surface area contributed by atoms with Crippen molar-refractivity contribution in [2.75, 3.05) is 18.2 Å². The molecule has 6 nitrogen and oxygen atoms in total. The van der Waals surface area contributed by atoms with Crippen LogP contribution in [0.15, 0.2) is 52.7 Å². The molecule has 158 valence electrons. The Bertz CT molecular complexity index is 1150. The fourth-order valence-corrected chi connectivity index (χ4v) is 5.08. The van der Waals surface area contributed by atoms with E-state index >= 15 is 0 Å². The maximum Gasteiger partial charge on any atom is 0.226 e. The molecule has 0 aliphatic rings. The van der Waals surface area contributed by atoms with Crippen molar-refractivity contribution in [3.05, 3.63) is 57.9 Å². The van der Waals surface area contributed by atoms with E-state index in [1.165, 1.54) is 30.6 Å². The lowest BCUT2D eigenvalue weighted by atomic mass is 10.2. The Kier molecular flexibility index (Phi) is 7.36. The zero-order valence-corrected chi connectivity index (χ0v) is 19.0. The Morgan fingerprint density at radius 3 is 2.60 bits per heavy atom. The number of thiazole rings is 1. The zero-order valence-electron chi connectivity index (χ0n) is 15.9. The number of hydrogen-bond donors (Lipinski definition) is 1. The summed E-state index contributed by atoms with van der Waals surface area (Å²) >= 11 is 13.4. The van der Waals surface area contributed by atoms with Crippen LogP contribution >= 0.6 is 34.5 Å². The fourth-order valence-electron chi connectivity index (χ4n) is 2.65. The second kappa shape index (κ2) is 9.78. The van der Waals surface area contributed by atoms with Crippen LogP contribution in [-0.4, -0.2) is 32.2 Å². The SMILES string of the molecule is COc1ccc(S(=O)(=O)CCCC(=O)Nc2nc(-c3cc(Cl)ccc3Cl)cs2)cc1. The van der Waals surface area contributed by atoms with Gasteiger partial charge in [0.25, 0.3) is 0 Å². The van der Waals surface area contributed by atoms with Crippen molar-refractivity contribution in [3.8, 4) is 17.0 Å². The van der Waals surface area contributed by atoms with Crippen molar-refractivity contribution in [3.63, 3.8) is 0 Å². The summed E-state index contributed by atoms with van der Waals surface area (Å²) in [5.41, 5.74) is 1.27. The first-order chi connectivity index (χ1) is 14.3. The van der Waals surface area contributed by atoms with Gasteiger partial charge in [-0.15, -0.1) is 11.3 Å². The maximum atomic E-state index is 12.4. The molecule has 1 amide bonds. The van der Waals surface area contributed by atoms with E-state index in [0.717, 1.165) is 0 Å². The van der Waals surface area contributed by atoms with E-state index in [9.17, 15) is 13.2 Å². The van der Waals surface area contributed by atoms with E-state index in [4.69, 9.17) is 27.9 Å². The van der Waals surface area contributed by atoms with Gasteiger partial charge in [-0.3, -0.25) is 4.79 Å². The Labute approximate surface area is 188 Å². The van der Waals surface area contributed by atoms with Crippen molar-refractivity contribution in [2.24, 2.45) is 0 Å². The highest BCUT2D eigenvalue weighted by molar-refractivity contribution is 7.91. The molecule has 0 bridgehead atoms. The molecule has 10 heteroatoms. The van der Waals surface area contributed by atoms with Crippen LogP contribution in [0.1, 0.15) is 12.8 Å². The minimum Gasteiger partial charge on any atom is -0.497 e. The number of hydrogen-bond acceptors (Lipinski definition) is 6. The summed E-state index contributed by atoms with van der Waals surface area (Å²) in [6.07, 6.45) is 0.251. The molecule has 0 atom stereocenters. The van der Waals surface area contributed by atoms with E-state index in [1.54, 1.807) is 35.7 Å². The minimum atomic E-state index is -3.47. The monoisotopic (exact) mass is 484 g/mol. The van der Waals surface area contributed by atoms with Crippen molar-refractivity contribution in [1.29, 1.82) is 0 Å². The van der Waals surface area contributed by atoms with Crippen LogP contribution in [0.2, 0.25) is 10.0 Å². The van der Waals surface area contributed by atoms with Gasteiger partial charge in [-0.2, -0.15) is 0 Å². The average Bonchev–Trinajstić information content (AvgIpc) is 3.17. The predicted molar refractivity (Wildman–Crippen MR) is 120 cm³/mol. The first kappa shape index (κ1) is 22.6. The van der Waals surface area contributed by atoms with Crippen LogP contribution in [-0.2, 0) is 14.6 Å². The highest BCUT2D eigenvalue weighted by atomic mass is 35.5. The number of amides is 1. The first-order valence-electron chi connectivity index (χ1n) is 8.86. The van der Waals surface area contributed by atoms with Gasteiger partial charge in [-0.25, -0.2) is 13.4 Å². The molecule has 3 rings (SSSR count). The number of nitrogens with zero attached hydrogens (tertiary/aromatic N) is 1. The molecule has 1 aromatic heterocycles. The topological polar surface area (TPSA) is 85.4 Å². The number of carbonyl (C=O) groups is 1. The van der Waals surface area contributed by atoms with Gasteiger partial charge in [0.1, 0.15) is 5.75 Å². The molecule has 1 N–H and O–H groups in total. The summed E-state index contributed by atoms with van der Waals surface area (Å²) in [5.74, 6) is 0.141.